The molecule has 34 heavy (non-hydrogen) atoms. The molecule has 0 bridgehead atoms. The first-order valence-corrected chi connectivity index (χ1v) is 11.5. The quantitative estimate of drug-likeness (QED) is 0.292. The van der Waals surface area contributed by atoms with Gasteiger partial charge in [0, 0.05) is 35.0 Å². The molecule has 6 aromatic rings. The molecule has 4 heteroatoms. The molecule has 164 valence electrons. The van der Waals surface area contributed by atoms with E-state index in [2.05, 4.69) is 101 Å². The zero-order valence-corrected chi connectivity index (χ0v) is 18.6. The first-order valence-electron chi connectivity index (χ1n) is 11.5. The Kier molecular flexibility index (Phi) is 5.24. The fourth-order valence-corrected chi connectivity index (χ4v) is 4.60. The molecule has 0 atom stereocenters. The van der Waals surface area contributed by atoms with Crippen molar-refractivity contribution < 1.29 is 0 Å². The van der Waals surface area contributed by atoms with Gasteiger partial charge in [0.25, 0.3) is 0 Å². The van der Waals surface area contributed by atoms with Crippen molar-refractivity contribution >= 4 is 27.6 Å². The highest BCUT2D eigenvalue weighted by atomic mass is 15.0. The molecule has 6 rings (SSSR count). The highest BCUT2D eigenvalue weighted by Crippen LogP contribution is 2.31. The van der Waals surface area contributed by atoms with Gasteiger partial charge in [0.05, 0.1) is 11.0 Å². The predicted molar refractivity (Wildman–Crippen MR) is 140 cm³/mol. The van der Waals surface area contributed by atoms with Crippen molar-refractivity contribution in [2.75, 3.05) is 11.9 Å². The van der Waals surface area contributed by atoms with Crippen LogP contribution in [0.4, 0.5) is 5.82 Å². The molecule has 0 amide bonds. The molecule has 0 aliphatic heterocycles. The average Bonchev–Trinajstić information content (AvgIpc) is 3.39. The number of aromatic amines is 1. The fraction of sp³-hybridized carbons (Fsp3) is 0.0667. The number of rotatable bonds is 6. The van der Waals surface area contributed by atoms with Gasteiger partial charge in [-0.3, -0.25) is 0 Å². The van der Waals surface area contributed by atoms with Crippen molar-refractivity contribution in [3.63, 3.8) is 0 Å². The van der Waals surface area contributed by atoms with E-state index in [4.69, 9.17) is 9.97 Å². The van der Waals surface area contributed by atoms with Gasteiger partial charge in [-0.05, 0) is 35.4 Å². The second-order valence-corrected chi connectivity index (χ2v) is 8.42. The summed E-state index contributed by atoms with van der Waals surface area (Å²) in [5, 5.41) is 5.84. The summed E-state index contributed by atoms with van der Waals surface area (Å²) < 4.78 is 0. The second kappa shape index (κ2) is 8.83. The number of anilines is 1. The molecule has 0 spiro atoms. The van der Waals surface area contributed by atoms with Gasteiger partial charge in [-0.1, -0.05) is 84.9 Å². The van der Waals surface area contributed by atoms with Gasteiger partial charge in [0.1, 0.15) is 5.82 Å². The molecule has 0 aliphatic carbocycles. The summed E-state index contributed by atoms with van der Waals surface area (Å²) in [5.74, 6) is 1.76. The smallest absolute Gasteiger partial charge is 0.164 e. The Morgan fingerprint density at radius 1 is 0.676 bits per heavy atom. The summed E-state index contributed by atoms with van der Waals surface area (Å²) in [6.45, 7) is 0.723. The Balaban J connectivity index is 1.42. The van der Waals surface area contributed by atoms with Crippen molar-refractivity contribution in [1.82, 2.24) is 15.0 Å². The maximum absolute atomic E-state index is 5.02. The van der Waals surface area contributed by atoms with Crippen LogP contribution in [0.3, 0.4) is 0 Å². The maximum Gasteiger partial charge on any atom is 0.164 e. The zero-order chi connectivity index (χ0) is 22.7. The van der Waals surface area contributed by atoms with E-state index in [1.807, 2.05) is 24.4 Å². The van der Waals surface area contributed by atoms with Gasteiger partial charge in [-0.2, -0.15) is 0 Å². The minimum absolute atomic E-state index is 0.200. The number of H-pyrrole nitrogens is 1. The molecule has 4 aromatic carbocycles. The minimum atomic E-state index is 0.200. The summed E-state index contributed by atoms with van der Waals surface area (Å²) in [5.41, 5.74) is 5.52. The van der Waals surface area contributed by atoms with E-state index in [0.29, 0.717) is 5.82 Å². The van der Waals surface area contributed by atoms with E-state index in [0.717, 1.165) is 39.7 Å². The van der Waals surface area contributed by atoms with Crippen LogP contribution in [0, 0.1) is 0 Å². The molecule has 0 saturated carbocycles. The summed E-state index contributed by atoms with van der Waals surface area (Å²) in [6, 6.07) is 37.8. The van der Waals surface area contributed by atoms with Crippen molar-refractivity contribution in [2.24, 2.45) is 0 Å². The second-order valence-electron chi connectivity index (χ2n) is 8.42. The van der Waals surface area contributed by atoms with E-state index in [1.54, 1.807) is 0 Å². The minimum Gasteiger partial charge on any atom is -0.368 e. The molecule has 0 saturated heterocycles. The normalized spacial score (nSPS) is 11.3. The van der Waals surface area contributed by atoms with Crippen LogP contribution in [0.1, 0.15) is 17.0 Å². The number of fused-ring (bicyclic) bond motifs is 2. The van der Waals surface area contributed by atoms with Crippen LogP contribution in [0.25, 0.3) is 33.2 Å². The van der Waals surface area contributed by atoms with Crippen molar-refractivity contribution in [3.05, 3.63) is 127 Å². The monoisotopic (exact) mass is 440 g/mol. The lowest BCUT2D eigenvalue weighted by atomic mass is 9.91. The van der Waals surface area contributed by atoms with E-state index in [9.17, 15) is 0 Å². The van der Waals surface area contributed by atoms with Gasteiger partial charge in [0.2, 0.25) is 0 Å². The van der Waals surface area contributed by atoms with Gasteiger partial charge >= 0.3 is 0 Å². The van der Waals surface area contributed by atoms with Crippen LogP contribution in [-0.2, 0) is 0 Å². The number of nitrogens with one attached hydrogen (secondary N) is 2. The van der Waals surface area contributed by atoms with Crippen LogP contribution in [0.15, 0.2) is 115 Å². The molecule has 0 fully saturated rings. The van der Waals surface area contributed by atoms with Gasteiger partial charge in [-0.15, -0.1) is 0 Å². The third-order valence-electron chi connectivity index (χ3n) is 6.31. The van der Waals surface area contributed by atoms with Crippen LogP contribution in [0.2, 0.25) is 0 Å². The molecule has 2 N–H and O–H groups in total. The Bertz CT molecular complexity index is 1520. The summed E-state index contributed by atoms with van der Waals surface area (Å²) >= 11 is 0. The first kappa shape index (κ1) is 20.2. The highest BCUT2D eigenvalue weighted by molar-refractivity contribution is 5.95. The van der Waals surface area contributed by atoms with Crippen LogP contribution < -0.4 is 5.32 Å². The van der Waals surface area contributed by atoms with Crippen molar-refractivity contribution in [3.8, 4) is 11.4 Å². The molecule has 2 aromatic heterocycles. The van der Waals surface area contributed by atoms with Crippen molar-refractivity contribution in [1.29, 1.82) is 0 Å². The predicted octanol–water partition coefficient (Wildman–Crippen LogP) is 7.02. The topological polar surface area (TPSA) is 53.6 Å². The number of aromatic nitrogens is 3. The fourth-order valence-electron chi connectivity index (χ4n) is 4.60. The van der Waals surface area contributed by atoms with E-state index in [1.165, 1.54) is 11.1 Å². The summed E-state index contributed by atoms with van der Waals surface area (Å²) in [7, 11) is 0. The summed E-state index contributed by atoms with van der Waals surface area (Å²) in [6.07, 6.45) is 1.96. The Hall–Kier alpha value is -4.44. The summed E-state index contributed by atoms with van der Waals surface area (Å²) in [4.78, 5) is 13.3. The lowest BCUT2D eigenvalue weighted by Crippen LogP contribution is -2.15. The van der Waals surface area contributed by atoms with Gasteiger partial charge in [-0.25, -0.2) is 9.97 Å². The molecule has 4 nitrogen and oxygen atoms in total. The van der Waals surface area contributed by atoms with Gasteiger partial charge < -0.3 is 10.3 Å². The molecular formula is C30H24N4. The largest absolute Gasteiger partial charge is 0.368 e. The highest BCUT2D eigenvalue weighted by Gasteiger charge is 2.16. The number of hydrogen-bond donors (Lipinski definition) is 2. The Morgan fingerprint density at radius 2 is 1.38 bits per heavy atom. The lowest BCUT2D eigenvalue weighted by molar-refractivity contribution is 0.849. The average molecular weight is 441 g/mol. The third-order valence-corrected chi connectivity index (χ3v) is 6.31. The van der Waals surface area contributed by atoms with E-state index >= 15 is 0 Å². The number of benzene rings is 4. The standard InChI is InChI=1S/C30H24N4/c1-3-10-21(11-4-1)26(22-12-5-2-6-13-22)20-32-29-24-15-7-8-17-27(24)33-30(34-29)25-16-9-14-23-18-19-31-28(23)25/h1-19,26,31H,20H2,(H,32,33,34). The number of hydrogen-bond acceptors (Lipinski definition) is 3. The first-order chi connectivity index (χ1) is 16.9. The molecule has 0 radical (unpaired) electrons. The molecule has 0 aliphatic rings. The number of para-hydroxylation sites is 2. The number of nitrogens with zero attached hydrogens (tertiary/aromatic N) is 2. The molecule has 2 heterocycles. The van der Waals surface area contributed by atoms with Gasteiger partial charge in [0.15, 0.2) is 5.82 Å². The van der Waals surface area contributed by atoms with E-state index in [-0.39, 0.29) is 5.92 Å². The van der Waals surface area contributed by atoms with E-state index < -0.39 is 0 Å². The maximum atomic E-state index is 5.02. The lowest BCUT2D eigenvalue weighted by Gasteiger charge is -2.20. The molecule has 0 unspecified atom stereocenters. The third kappa shape index (κ3) is 3.80. The SMILES string of the molecule is c1ccc(C(CNc2nc(-c3cccc4cc[nH]c34)nc3ccccc23)c2ccccc2)cc1. The van der Waals surface area contributed by atoms with Crippen LogP contribution >= 0.6 is 0 Å². The zero-order valence-electron chi connectivity index (χ0n) is 18.6. The Labute approximate surface area is 198 Å². The van der Waals surface area contributed by atoms with Crippen molar-refractivity contribution in [2.45, 2.75) is 5.92 Å². The van der Waals surface area contributed by atoms with Crippen LogP contribution in [-0.4, -0.2) is 21.5 Å². The van der Waals surface area contributed by atoms with Crippen LogP contribution in [0.5, 0.6) is 0 Å². The Morgan fingerprint density at radius 3 is 2.15 bits per heavy atom. The molecular weight excluding hydrogens is 416 g/mol.